The zero-order valence-electron chi connectivity index (χ0n) is 13.4. The third kappa shape index (κ3) is 3.76. The highest BCUT2D eigenvalue weighted by Gasteiger charge is 2.27. The van der Waals surface area contributed by atoms with Crippen molar-refractivity contribution in [3.05, 3.63) is 30.5 Å². The number of nitrogens with zero attached hydrogens (tertiary/aromatic N) is 5. The van der Waals surface area contributed by atoms with E-state index in [-0.39, 0.29) is 5.92 Å². The van der Waals surface area contributed by atoms with Crippen LogP contribution in [0.2, 0.25) is 0 Å². The Morgan fingerprint density at radius 2 is 2.09 bits per heavy atom. The van der Waals surface area contributed by atoms with Crippen LogP contribution in [-0.4, -0.2) is 51.8 Å². The minimum Gasteiger partial charge on any atom is -0.275 e. The Labute approximate surface area is 136 Å². The minimum absolute atomic E-state index is 0.269. The molecular weight excluding hydrogens is 314 g/mol. The van der Waals surface area contributed by atoms with Crippen molar-refractivity contribution in [1.82, 2.24) is 24.1 Å². The third-order valence-electron chi connectivity index (χ3n) is 4.19. The van der Waals surface area contributed by atoms with E-state index in [0.29, 0.717) is 13.1 Å². The number of aromatic nitrogens is 4. The van der Waals surface area contributed by atoms with Gasteiger partial charge in [0.05, 0.1) is 23.8 Å². The number of sulfonamides is 1. The second-order valence-corrected chi connectivity index (χ2v) is 8.07. The maximum atomic E-state index is 11.8. The van der Waals surface area contributed by atoms with Gasteiger partial charge in [-0.1, -0.05) is 0 Å². The summed E-state index contributed by atoms with van der Waals surface area (Å²) in [5.74, 6) is 0.269. The summed E-state index contributed by atoms with van der Waals surface area (Å²) in [4.78, 5) is 8.93. The lowest BCUT2D eigenvalue weighted by atomic mass is 9.93. The van der Waals surface area contributed by atoms with Gasteiger partial charge in [-0.25, -0.2) is 12.7 Å². The van der Waals surface area contributed by atoms with E-state index < -0.39 is 10.0 Å². The van der Waals surface area contributed by atoms with Gasteiger partial charge >= 0.3 is 0 Å². The van der Waals surface area contributed by atoms with Crippen LogP contribution in [0.1, 0.15) is 18.5 Å². The fourth-order valence-electron chi connectivity index (χ4n) is 3.07. The highest BCUT2D eigenvalue weighted by molar-refractivity contribution is 7.88. The summed E-state index contributed by atoms with van der Waals surface area (Å²) < 4.78 is 26.8. The lowest BCUT2D eigenvalue weighted by molar-refractivity contribution is 0.265. The summed E-state index contributed by atoms with van der Waals surface area (Å²) in [5, 5.41) is 4.19. The Balaban J connectivity index is 1.81. The highest BCUT2D eigenvalue weighted by Crippen LogP contribution is 2.26. The number of aryl methyl sites for hydroxylation is 1. The van der Waals surface area contributed by atoms with Gasteiger partial charge in [0, 0.05) is 44.3 Å². The van der Waals surface area contributed by atoms with Gasteiger partial charge in [0.2, 0.25) is 10.0 Å². The van der Waals surface area contributed by atoms with E-state index in [4.69, 9.17) is 0 Å². The van der Waals surface area contributed by atoms with Crippen LogP contribution in [0, 0.1) is 5.92 Å². The molecule has 2 aromatic rings. The molecule has 1 fully saturated rings. The molecule has 1 atom stereocenters. The topological polar surface area (TPSA) is 81.0 Å². The standard InChI is InChI=1S/C15H21N5O2S/c1-19-11-13(9-18-19)15-14(16-5-6-17-15)8-12-4-3-7-20(10-12)23(2,21)22/h5-6,9,11-12H,3-4,7-8,10H2,1-2H3. The first-order valence-electron chi connectivity index (χ1n) is 7.67. The van der Waals surface area contributed by atoms with Gasteiger partial charge in [-0.15, -0.1) is 0 Å². The Bertz CT molecular complexity index is 787. The summed E-state index contributed by atoms with van der Waals surface area (Å²) in [6.45, 7) is 1.17. The van der Waals surface area contributed by atoms with Crippen molar-refractivity contribution < 1.29 is 8.42 Å². The molecule has 1 aliphatic heterocycles. The highest BCUT2D eigenvalue weighted by atomic mass is 32.2. The minimum atomic E-state index is -3.13. The predicted molar refractivity (Wildman–Crippen MR) is 87.1 cm³/mol. The van der Waals surface area contributed by atoms with E-state index >= 15 is 0 Å². The zero-order valence-corrected chi connectivity index (χ0v) is 14.2. The van der Waals surface area contributed by atoms with Gasteiger partial charge in [-0.3, -0.25) is 14.6 Å². The Morgan fingerprint density at radius 1 is 1.30 bits per heavy atom. The summed E-state index contributed by atoms with van der Waals surface area (Å²) in [7, 11) is -1.26. The van der Waals surface area contributed by atoms with Gasteiger partial charge < -0.3 is 0 Å². The first-order valence-corrected chi connectivity index (χ1v) is 9.52. The normalized spacial score (nSPS) is 19.8. The fraction of sp³-hybridized carbons (Fsp3) is 0.533. The van der Waals surface area contributed by atoms with Crippen LogP contribution < -0.4 is 0 Å². The molecule has 3 rings (SSSR count). The molecule has 8 heteroatoms. The zero-order chi connectivity index (χ0) is 16.4. The lowest BCUT2D eigenvalue weighted by Crippen LogP contribution is -2.39. The Kier molecular flexibility index (Phi) is 4.45. The van der Waals surface area contributed by atoms with Crippen molar-refractivity contribution in [2.75, 3.05) is 19.3 Å². The number of rotatable bonds is 4. The van der Waals surface area contributed by atoms with Gasteiger partial charge in [0.25, 0.3) is 0 Å². The molecule has 124 valence electrons. The van der Waals surface area contributed by atoms with E-state index in [2.05, 4.69) is 15.1 Å². The quantitative estimate of drug-likeness (QED) is 0.835. The maximum absolute atomic E-state index is 11.8. The molecule has 0 aromatic carbocycles. The molecule has 0 spiro atoms. The predicted octanol–water partition coefficient (Wildman–Crippen LogP) is 1.09. The van der Waals surface area contributed by atoms with Crippen molar-refractivity contribution in [2.45, 2.75) is 19.3 Å². The molecule has 1 saturated heterocycles. The molecule has 3 heterocycles. The molecule has 1 unspecified atom stereocenters. The summed E-state index contributed by atoms with van der Waals surface area (Å²) in [6, 6.07) is 0. The van der Waals surface area contributed by atoms with Gasteiger partial charge in [0.1, 0.15) is 0 Å². The average Bonchev–Trinajstić information content (AvgIpc) is 2.94. The van der Waals surface area contributed by atoms with Crippen LogP contribution >= 0.6 is 0 Å². The van der Waals surface area contributed by atoms with Crippen molar-refractivity contribution >= 4 is 10.0 Å². The largest absolute Gasteiger partial charge is 0.275 e. The number of hydrogen-bond donors (Lipinski definition) is 0. The summed E-state index contributed by atoms with van der Waals surface area (Å²) in [5.41, 5.74) is 2.67. The molecular formula is C15H21N5O2S. The third-order valence-corrected chi connectivity index (χ3v) is 5.45. The molecule has 0 aliphatic carbocycles. The molecule has 0 saturated carbocycles. The smallest absolute Gasteiger partial charge is 0.211 e. The lowest BCUT2D eigenvalue weighted by Gasteiger charge is -2.30. The monoisotopic (exact) mass is 335 g/mol. The molecule has 1 aliphatic rings. The fourth-order valence-corrected chi connectivity index (χ4v) is 4.01. The van der Waals surface area contributed by atoms with Crippen LogP contribution in [0.25, 0.3) is 11.3 Å². The molecule has 0 bridgehead atoms. The van der Waals surface area contributed by atoms with E-state index in [0.717, 1.165) is 36.2 Å². The van der Waals surface area contributed by atoms with Crippen LogP contribution in [0.15, 0.2) is 24.8 Å². The first-order chi connectivity index (χ1) is 10.9. The number of hydrogen-bond acceptors (Lipinski definition) is 5. The van der Waals surface area contributed by atoms with Crippen molar-refractivity contribution in [1.29, 1.82) is 0 Å². The maximum Gasteiger partial charge on any atom is 0.211 e. The molecule has 7 nitrogen and oxygen atoms in total. The van der Waals surface area contributed by atoms with Gasteiger partial charge in [-0.2, -0.15) is 5.10 Å². The van der Waals surface area contributed by atoms with E-state index in [9.17, 15) is 8.42 Å². The van der Waals surface area contributed by atoms with Crippen LogP contribution in [0.4, 0.5) is 0 Å². The van der Waals surface area contributed by atoms with Gasteiger partial charge in [0.15, 0.2) is 0 Å². The SMILES string of the molecule is Cn1cc(-c2nccnc2CC2CCCN(S(C)(=O)=O)C2)cn1. The molecule has 0 N–H and O–H groups in total. The van der Waals surface area contributed by atoms with Crippen molar-refractivity contribution in [3.8, 4) is 11.3 Å². The van der Waals surface area contributed by atoms with Crippen molar-refractivity contribution in [3.63, 3.8) is 0 Å². The number of piperidine rings is 1. The van der Waals surface area contributed by atoms with Crippen molar-refractivity contribution in [2.24, 2.45) is 13.0 Å². The first kappa shape index (κ1) is 16.1. The van der Waals surface area contributed by atoms with Crippen LogP contribution in [-0.2, 0) is 23.5 Å². The van der Waals surface area contributed by atoms with Gasteiger partial charge in [-0.05, 0) is 25.2 Å². The Morgan fingerprint density at radius 3 is 2.78 bits per heavy atom. The average molecular weight is 335 g/mol. The Hall–Kier alpha value is -1.80. The van der Waals surface area contributed by atoms with E-state index in [1.54, 1.807) is 27.6 Å². The second-order valence-electron chi connectivity index (χ2n) is 6.09. The summed E-state index contributed by atoms with van der Waals surface area (Å²) >= 11 is 0. The van der Waals surface area contributed by atoms with Crippen LogP contribution in [0.3, 0.4) is 0 Å². The molecule has 0 radical (unpaired) electrons. The molecule has 0 amide bonds. The van der Waals surface area contributed by atoms with E-state index in [1.807, 2.05) is 13.2 Å². The van der Waals surface area contributed by atoms with Crippen LogP contribution in [0.5, 0.6) is 0 Å². The molecule has 23 heavy (non-hydrogen) atoms. The summed E-state index contributed by atoms with van der Waals surface area (Å²) in [6.07, 6.45) is 11.0. The molecule has 2 aromatic heterocycles. The second kappa shape index (κ2) is 6.37. The van der Waals surface area contributed by atoms with E-state index in [1.165, 1.54) is 6.26 Å².